The van der Waals surface area contributed by atoms with Gasteiger partial charge in [-0.1, -0.05) is 24.9 Å². The Morgan fingerprint density at radius 1 is 1.44 bits per heavy atom. The first-order chi connectivity index (χ1) is 7.52. The van der Waals surface area contributed by atoms with Gasteiger partial charge in [-0.3, -0.25) is 0 Å². The summed E-state index contributed by atoms with van der Waals surface area (Å²) in [7, 11) is 1.68. The van der Waals surface area contributed by atoms with Crippen molar-refractivity contribution in [1.29, 1.82) is 0 Å². The van der Waals surface area contributed by atoms with Crippen molar-refractivity contribution in [3.8, 4) is 5.75 Å². The average molecular weight is 242 g/mol. The van der Waals surface area contributed by atoms with E-state index in [9.17, 15) is 0 Å². The predicted octanol–water partition coefficient (Wildman–Crippen LogP) is 3.77. The average Bonchev–Trinajstić information content (AvgIpc) is 2.23. The van der Waals surface area contributed by atoms with E-state index in [-0.39, 0.29) is 6.04 Å². The van der Waals surface area contributed by atoms with Crippen LogP contribution in [-0.2, 0) is 0 Å². The van der Waals surface area contributed by atoms with Crippen molar-refractivity contribution in [1.82, 2.24) is 0 Å². The minimum atomic E-state index is -0.00245. The third-order valence-corrected chi connectivity index (χ3v) is 3.28. The molecule has 0 radical (unpaired) electrons. The number of halogens is 1. The second-order valence-electron chi connectivity index (χ2n) is 4.14. The summed E-state index contributed by atoms with van der Waals surface area (Å²) in [4.78, 5) is 0. The molecular weight excluding hydrogens is 222 g/mol. The SMILES string of the molecule is CCCC(N)c1c(C)c(Cl)cc(C)c1OC. The summed E-state index contributed by atoms with van der Waals surface area (Å²) in [6.07, 6.45) is 1.99. The molecule has 90 valence electrons. The summed E-state index contributed by atoms with van der Waals surface area (Å²) < 4.78 is 5.44. The van der Waals surface area contributed by atoms with Crippen molar-refractivity contribution >= 4 is 11.6 Å². The highest BCUT2D eigenvalue weighted by Crippen LogP contribution is 2.36. The zero-order chi connectivity index (χ0) is 12.3. The summed E-state index contributed by atoms with van der Waals surface area (Å²) in [5, 5.41) is 0.764. The molecule has 0 saturated carbocycles. The lowest BCUT2D eigenvalue weighted by molar-refractivity contribution is 0.400. The first-order valence-corrected chi connectivity index (χ1v) is 5.99. The van der Waals surface area contributed by atoms with E-state index in [1.807, 2.05) is 19.9 Å². The fourth-order valence-corrected chi connectivity index (χ4v) is 2.31. The minimum absolute atomic E-state index is 0.00245. The van der Waals surface area contributed by atoms with Crippen LogP contribution in [0, 0.1) is 13.8 Å². The molecule has 0 aliphatic rings. The number of hydrogen-bond donors (Lipinski definition) is 1. The van der Waals surface area contributed by atoms with E-state index >= 15 is 0 Å². The maximum atomic E-state index is 6.18. The molecular formula is C13H20ClNO. The number of aryl methyl sites for hydroxylation is 1. The summed E-state index contributed by atoms with van der Waals surface area (Å²) in [5.74, 6) is 0.878. The molecule has 0 saturated heterocycles. The summed E-state index contributed by atoms with van der Waals surface area (Å²) >= 11 is 6.18. The van der Waals surface area contributed by atoms with E-state index in [0.29, 0.717) is 0 Å². The van der Waals surface area contributed by atoms with Gasteiger partial charge in [-0.05, 0) is 37.5 Å². The topological polar surface area (TPSA) is 35.2 Å². The molecule has 0 bridgehead atoms. The molecule has 0 aliphatic heterocycles. The molecule has 0 fully saturated rings. The molecule has 0 heterocycles. The normalized spacial score (nSPS) is 12.6. The molecule has 3 heteroatoms. The fraction of sp³-hybridized carbons (Fsp3) is 0.538. The number of rotatable bonds is 4. The molecule has 1 atom stereocenters. The number of hydrogen-bond acceptors (Lipinski definition) is 2. The Balaban J connectivity index is 3.32. The first-order valence-electron chi connectivity index (χ1n) is 5.62. The molecule has 0 amide bonds. The van der Waals surface area contributed by atoms with Crippen LogP contribution in [0.4, 0.5) is 0 Å². The third kappa shape index (κ3) is 2.50. The first kappa shape index (κ1) is 13.3. The van der Waals surface area contributed by atoms with Gasteiger partial charge in [-0.2, -0.15) is 0 Å². The van der Waals surface area contributed by atoms with Crippen molar-refractivity contribution < 1.29 is 4.74 Å². The fourth-order valence-electron chi connectivity index (χ4n) is 2.05. The van der Waals surface area contributed by atoms with Crippen molar-refractivity contribution in [2.75, 3.05) is 7.11 Å². The molecule has 2 nitrogen and oxygen atoms in total. The number of methoxy groups -OCH3 is 1. The van der Waals surface area contributed by atoms with Gasteiger partial charge in [-0.25, -0.2) is 0 Å². The third-order valence-electron chi connectivity index (χ3n) is 2.88. The van der Waals surface area contributed by atoms with Crippen LogP contribution in [0.3, 0.4) is 0 Å². The van der Waals surface area contributed by atoms with Crippen LogP contribution in [-0.4, -0.2) is 7.11 Å². The maximum absolute atomic E-state index is 6.18. The Bertz CT molecular complexity index is 377. The van der Waals surface area contributed by atoms with Gasteiger partial charge in [0.25, 0.3) is 0 Å². The van der Waals surface area contributed by atoms with Crippen LogP contribution in [0.15, 0.2) is 6.07 Å². The van der Waals surface area contributed by atoms with E-state index in [1.54, 1.807) is 7.11 Å². The zero-order valence-corrected chi connectivity index (χ0v) is 11.2. The Morgan fingerprint density at radius 2 is 2.06 bits per heavy atom. The van der Waals surface area contributed by atoms with Crippen LogP contribution in [0.1, 0.15) is 42.5 Å². The van der Waals surface area contributed by atoms with Crippen LogP contribution in [0.2, 0.25) is 5.02 Å². The minimum Gasteiger partial charge on any atom is -0.496 e. The van der Waals surface area contributed by atoms with Crippen molar-refractivity contribution in [3.63, 3.8) is 0 Å². The van der Waals surface area contributed by atoms with Gasteiger partial charge in [0.2, 0.25) is 0 Å². The predicted molar refractivity (Wildman–Crippen MR) is 69.3 cm³/mol. The molecule has 0 aromatic heterocycles. The van der Waals surface area contributed by atoms with Gasteiger partial charge in [0.15, 0.2) is 0 Å². The molecule has 1 rings (SSSR count). The van der Waals surface area contributed by atoms with Gasteiger partial charge in [0.1, 0.15) is 5.75 Å². The summed E-state index contributed by atoms with van der Waals surface area (Å²) in [5.41, 5.74) is 9.31. The zero-order valence-electron chi connectivity index (χ0n) is 10.4. The number of benzene rings is 1. The summed E-state index contributed by atoms with van der Waals surface area (Å²) in [6.45, 7) is 6.11. The van der Waals surface area contributed by atoms with Gasteiger partial charge < -0.3 is 10.5 Å². The van der Waals surface area contributed by atoms with E-state index in [4.69, 9.17) is 22.1 Å². The van der Waals surface area contributed by atoms with Crippen molar-refractivity contribution in [2.24, 2.45) is 5.73 Å². The molecule has 0 aliphatic carbocycles. The van der Waals surface area contributed by atoms with Gasteiger partial charge in [-0.15, -0.1) is 0 Å². The van der Waals surface area contributed by atoms with Crippen molar-refractivity contribution in [2.45, 2.75) is 39.7 Å². The Labute approximate surface area is 103 Å². The highest BCUT2D eigenvalue weighted by Gasteiger charge is 2.18. The highest BCUT2D eigenvalue weighted by molar-refractivity contribution is 6.31. The monoisotopic (exact) mass is 241 g/mol. The molecule has 1 aromatic carbocycles. The lowest BCUT2D eigenvalue weighted by Gasteiger charge is -2.20. The molecule has 1 aromatic rings. The van der Waals surface area contributed by atoms with Crippen LogP contribution in [0.25, 0.3) is 0 Å². The lowest BCUT2D eigenvalue weighted by atomic mass is 9.95. The van der Waals surface area contributed by atoms with Crippen LogP contribution < -0.4 is 10.5 Å². The van der Waals surface area contributed by atoms with Gasteiger partial charge in [0.05, 0.1) is 7.11 Å². The standard InChI is InChI=1S/C13H20ClNO/c1-5-6-11(15)12-9(3)10(14)7-8(2)13(12)16-4/h7,11H,5-6,15H2,1-4H3. The molecule has 2 N–H and O–H groups in total. The number of ether oxygens (including phenoxy) is 1. The number of nitrogens with two attached hydrogens (primary N) is 1. The largest absolute Gasteiger partial charge is 0.496 e. The highest BCUT2D eigenvalue weighted by atomic mass is 35.5. The van der Waals surface area contributed by atoms with E-state index < -0.39 is 0 Å². The smallest absolute Gasteiger partial charge is 0.126 e. The molecule has 16 heavy (non-hydrogen) atoms. The maximum Gasteiger partial charge on any atom is 0.126 e. The van der Waals surface area contributed by atoms with Crippen LogP contribution >= 0.6 is 11.6 Å². The Kier molecular flexibility index (Phi) is 4.63. The van der Waals surface area contributed by atoms with Gasteiger partial charge >= 0.3 is 0 Å². The lowest BCUT2D eigenvalue weighted by Crippen LogP contribution is -2.13. The molecule has 0 spiro atoms. The van der Waals surface area contributed by atoms with Gasteiger partial charge in [0, 0.05) is 16.6 Å². The second-order valence-corrected chi connectivity index (χ2v) is 4.55. The Morgan fingerprint density at radius 3 is 2.56 bits per heavy atom. The second kappa shape index (κ2) is 5.55. The Hall–Kier alpha value is -0.730. The van der Waals surface area contributed by atoms with E-state index in [2.05, 4.69) is 6.92 Å². The van der Waals surface area contributed by atoms with E-state index in [1.165, 1.54) is 0 Å². The van der Waals surface area contributed by atoms with Crippen LogP contribution in [0.5, 0.6) is 5.75 Å². The summed E-state index contributed by atoms with van der Waals surface area (Å²) in [6, 6.07) is 1.93. The van der Waals surface area contributed by atoms with E-state index in [0.717, 1.165) is 40.3 Å². The van der Waals surface area contributed by atoms with Crippen molar-refractivity contribution in [3.05, 3.63) is 27.8 Å². The quantitative estimate of drug-likeness (QED) is 0.871. The molecule has 1 unspecified atom stereocenters.